The van der Waals surface area contributed by atoms with Crippen molar-refractivity contribution in [2.24, 2.45) is 11.5 Å². The first kappa shape index (κ1) is 10.0. The monoisotopic (exact) mass is 162 g/mol. The number of hydrogen-bond acceptors (Lipinski definition) is 3. The fourth-order valence-corrected chi connectivity index (χ4v) is 0.818. The molecule has 0 aliphatic rings. The van der Waals surface area contributed by atoms with E-state index in [1.165, 1.54) is 0 Å². The van der Waals surface area contributed by atoms with Crippen LogP contribution in [0.1, 0.15) is 19.3 Å². The first-order valence-electron chi connectivity index (χ1n) is 3.43. The zero-order valence-corrected chi connectivity index (χ0v) is 7.20. The number of nitrogens with two attached hydrogens (primary N) is 2. The van der Waals surface area contributed by atoms with Gasteiger partial charge in [0.1, 0.15) is 0 Å². The van der Waals surface area contributed by atoms with E-state index in [0.29, 0.717) is 6.54 Å². The summed E-state index contributed by atoms with van der Waals surface area (Å²) in [7, 11) is 2.09. The molecule has 2 unspecified atom stereocenters. The molecule has 0 radical (unpaired) electrons. The summed E-state index contributed by atoms with van der Waals surface area (Å²) in [6, 6.07) is -0.309. The number of carbonyl (C=O) groups is 1. The highest BCUT2D eigenvalue weighted by atomic mass is 31.0. The van der Waals surface area contributed by atoms with Crippen LogP contribution in [-0.2, 0) is 4.79 Å². The van der Waals surface area contributed by atoms with Crippen LogP contribution < -0.4 is 11.5 Å². The Balaban J connectivity index is 3.21. The number of carbonyl (C=O) groups excluding carboxylic acids is 1. The van der Waals surface area contributed by atoms with Gasteiger partial charge in [0.25, 0.3) is 0 Å². The first-order valence-corrected chi connectivity index (χ1v) is 4.01. The van der Waals surface area contributed by atoms with Crippen LogP contribution in [0.15, 0.2) is 0 Å². The Hall–Kier alpha value is 0.0200. The minimum atomic E-state index is -0.309. The van der Waals surface area contributed by atoms with Crippen molar-refractivity contribution in [1.29, 1.82) is 0 Å². The van der Waals surface area contributed by atoms with Crippen LogP contribution in [0.2, 0.25) is 0 Å². The fraction of sp³-hybridized carbons (Fsp3) is 0.833. The van der Waals surface area contributed by atoms with E-state index < -0.39 is 0 Å². The largest absolute Gasteiger partial charge is 0.330 e. The summed E-state index contributed by atoms with van der Waals surface area (Å²) < 4.78 is 0. The Morgan fingerprint density at radius 3 is 2.50 bits per heavy atom. The van der Waals surface area contributed by atoms with E-state index in [2.05, 4.69) is 9.24 Å². The highest BCUT2D eigenvalue weighted by Gasteiger charge is 2.05. The van der Waals surface area contributed by atoms with E-state index >= 15 is 0 Å². The molecular weight excluding hydrogens is 147 g/mol. The van der Waals surface area contributed by atoms with E-state index in [9.17, 15) is 4.79 Å². The van der Waals surface area contributed by atoms with Gasteiger partial charge in [0.2, 0.25) is 0 Å². The van der Waals surface area contributed by atoms with Gasteiger partial charge in [-0.05, 0) is 19.4 Å². The highest BCUT2D eigenvalue weighted by molar-refractivity contribution is 7.40. The molecule has 0 heterocycles. The van der Waals surface area contributed by atoms with E-state index in [1.807, 2.05) is 0 Å². The van der Waals surface area contributed by atoms with E-state index in [4.69, 9.17) is 11.5 Å². The molecule has 0 rings (SSSR count). The molecule has 0 saturated heterocycles. The summed E-state index contributed by atoms with van der Waals surface area (Å²) in [5.74, 6) is 0. The normalized spacial score (nSPS) is 13.1. The average Bonchev–Trinajstić information content (AvgIpc) is 1.88. The van der Waals surface area contributed by atoms with E-state index in [-0.39, 0.29) is 11.6 Å². The second-order valence-corrected chi connectivity index (χ2v) is 2.86. The van der Waals surface area contributed by atoms with Gasteiger partial charge in [-0.1, -0.05) is 15.7 Å². The van der Waals surface area contributed by atoms with Gasteiger partial charge in [-0.2, -0.15) is 0 Å². The van der Waals surface area contributed by atoms with Crippen LogP contribution >= 0.6 is 9.24 Å². The fourth-order valence-electron chi connectivity index (χ4n) is 0.651. The van der Waals surface area contributed by atoms with E-state index in [0.717, 1.165) is 19.3 Å². The van der Waals surface area contributed by atoms with Crippen LogP contribution in [0.4, 0.5) is 0 Å². The Morgan fingerprint density at radius 1 is 1.50 bits per heavy atom. The van der Waals surface area contributed by atoms with Gasteiger partial charge >= 0.3 is 0 Å². The first-order chi connectivity index (χ1) is 4.68. The summed E-state index contributed by atoms with van der Waals surface area (Å²) in [6.45, 7) is 0.678. The van der Waals surface area contributed by atoms with Gasteiger partial charge in [0.15, 0.2) is 5.52 Å². The van der Waals surface area contributed by atoms with Gasteiger partial charge < -0.3 is 11.5 Å². The van der Waals surface area contributed by atoms with Crippen molar-refractivity contribution in [2.75, 3.05) is 6.54 Å². The molecule has 0 fully saturated rings. The molecule has 0 aromatic carbocycles. The third kappa shape index (κ3) is 4.86. The SMILES string of the molecule is NCCCCC(N)C(=O)P. The minimum absolute atomic E-state index is 0.0166. The predicted molar refractivity (Wildman–Crippen MR) is 45.6 cm³/mol. The highest BCUT2D eigenvalue weighted by Crippen LogP contribution is 2.01. The van der Waals surface area contributed by atoms with Crippen LogP contribution in [0.25, 0.3) is 0 Å². The Labute approximate surface area is 63.7 Å². The van der Waals surface area contributed by atoms with E-state index in [1.54, 1.807) is 0 Å². The lowest BCUT2D eigenvalue weighted by molar-refractivity contribution is -0.112. The second-order valence-electron chi connectivity index (χ2n) is 2.29. The van der Waals surface area contributed by atoms with Crippen LogP contribution in [0, 0.1) is 0 Å². The van der Waals surface area contributed by atoms with Crippen molar-refractivity contribution < 1.29 is 4.79 Å². The maximum atomic E-state index is 10.5. The number of hydrogen-bond donors (Lipinski definition) is 2. The van der Waals surface area contributed by atoms with Gasteiger partial charge in [0, 0.05) is 0 Å². The smallest absolute Gasteiger partial charge is 0.164 e. The van der Waals surface area contributed by atoms with Gasteiger partial charge in [-0.25, -0.2) is 0 Å². The van der Waals surface area contributed by atoms with Crippen LogP contribution in [0.3, 0.4) is 0 Å². The molecule has 0 aliphatic heterocycles. The summed E-state index contributed by atoms with van der Waals surface area (Å²) in [5.41, 5.74) is 10.7. The lowest BCUT2D eigenvalue weighted by atomic mass is 10.1. The third-order valence-electron chi connectivity index (χ3n) is 1.33. The van der Waals surface area contributed by atoms with Crippen molar-refractivity contribution >= 4 is 14.8 Å². The molecule has 0 aromatic rings. The zero-order valence-electron chi connectivity index (χ0n) is 6.05. The number of unbranched alkanes of at least 4 members (excludes halogenated alkanes) is 1. The van der Waals surface area contributed by atoms with Crippen LogP contribution in [-0.4, -0.2) is 18.1 Å². The molecule has 60 valence electrons. The molecule has 0 aliphatic carbocycles. The molecule has 0 amide bonds. The molecule has 10 heavy (non-hydrogen) atoms. The standard InChI is InChI=1S/C6H15N2OP/c7-4-2-1-3-5(8)6(9)10/h5H,1-4,7-8,10H2. The molecule has 0 aromatic heterocycles. The van der Waals surface area contributed by atoms with Gasteiger partial charge in [-0.3, -0.25) is 4.79 Å². The predicted octanol–water partition coefficient (Wildman–Crippen LogP) is -0.156. The summed E-state index contributed by atoms with van der Waals surface area (Å²) in [4.78, 5) is 10.5. The molecule has 4 heteroatoms. The van der Waals surface area contributed by atoms with Crippen molar-refractivity contribution in [1.82, 2.24) is 0 Å². The van der Waals surface area contributed by atoms with Crippen LogP contribution in [0.5, 0.6) is 0 Å². The third-order valence-corrected chi connectivity index (χ3v) is 1.76. The molecule has 0 spiro atoms. The molecule has 3 nitrogen and oxygen atoms in total. The van der Waals surface area contributed by atoms with Crippen molar-refractivity contribution in [3.05, 3.63) is 0 Å². The quantitative estimate of drug-likeness (QED) is 0.436. The summed E-state index contributed by atoms with van der Waals surface area (Å²) in [5, 5.41) is 0. The van der Waals surface area contributed by atoms with Crippen molar-refractivity contribution in [2.45, 2.75) is 25.3 Å². The second kappa shape index (κ2) is 5.78. The van der Waals surface area contributed by atoms with Crippen molar-refractivity contribution in [3.8, 4) is 0 Å². The Bertz CT molecular complexity index is 108. The van der Waals surface area contributed by atoms with Crippen molar-refractivity contribution in [3.63, 3.8) is 0 Å². The van der Waals surface area contributed by atoms with Gasteiger partial charge in [0.05, 0.1) is 6.04 Å². The lowest BCUT2D eigenvalue weighted by Gasteiger charge is -2.04. The summed E-state index contributed by atoms with van der Waals surface area (Å²) >= 11 is 0. The Morgan fingerprint density at radius 2 is 2.10 bits per heavy atom. The molecule has 2 atom stereocenters. The molecular formula is C6H15N2OP. The molecule has 0 saturated carbocycles. The number of rotatable bonds is 5. The maximum absolute atomic E-state index is 10.5. The maximum Gasteiger partial charge on any atom is 0.164 e. The average molecular weight is 162 g/mol. The van der Waals surface area contributed by atoms with Gasteiger partial charge in [-0.15, -0.1) is 0 Å². The molecule has 4 N–H and O–H groups in total. The zero-order chi connectivity index (χ0) is 7.98. The molecule has 0 bridgehead atoms. The summed E-state index contributed by atoms with van der Waals surface area (Å²) in [6.07, 6.45) is 2.64. The lowest BCUT2D eigenvalue weighted by Crippen LogP contribution is -2.26. The Kier molecular flexibility index (Phi) is 5.79. The topological polar surface area (TPSA) is 69.1 Å². The minimum Gasteiger partial charge on any atom is -0.330 e.